The van der Waals surface area contributed by atoms with Gasteiger partial charge in [0.05, 0.1) is 6.20 Å². The van der Waals surface area contributed by atoms with Gasteiger partial charge in [0.25, 0.3) is 0 Å². The number of imide groups is 1. The van der Waals surface area contributed by atoms with Crippen molar-refractivity contribution in [2.24, 2.45) is 12.8 Å². The lowest BCUT2D eigenvalue weighted by molar-refractivity contribution is -0.137. The average Bonchev–Trinajstić information content (AvgIpc) is 2.78. The highest BCUT2D eigenvalue weighted by Crippen LogP contribution is 2.10. The van der Waals surface area contributed by atoms with Crippen LogP contribution in [0.5, 0.6) is 0 Å². The van der Waals surface area contributed by atoms with E-state index in [2.05, 4.69) is 15.7 Å². The minimum Gasteiger partial charge on any atom is -0.343 e. The number of aryl methyl sites for hydroxylation is 1. The summed E-state index contributed by atoms with van der Waals surface area (Å²) in [5, 5.41) is 8.62. The fourth-order valence-corrected chi connectivity index (χ4v) is 1.84. The maximum atomic E-state index is 11.9. The van der Waals surface area contributed by atoms with Crippen LogP contribution in [0.15, 0.2) is 12.4 Å². The number of carbonyl (C=O) groups is 3. The molecule has 102 valence electrons. The van der Waals surface area contributed by atoms with Gasteiger partial charge in [0.15, 0.2) is 0 Å². The Kier molecular flexibility index (Phi) is 3.61. The Bertz CT molecular complexity index is 524. The van der Waals surface area contributed by atoms with E-state index in [0.29, 0.717) is 5.56 Å². The SMILES string of the molecule is Cn1cc(C(N)C(=O)NC2CCC(=O)NC2=O)cn1. The van der Waals surface area contributed by atoms with Crippen LogP contribution >= 0.6 is 0 Å². The number of amides is 3. The minimum atomic E-state index is -0.890. The number of hydrogen-bond acceptors (Lipinski definition) is 5. The molecule has 2 heterocycles. The Balaban J connectivity index is 1.97. The molecule has 2 rings (SSSR count). The molecule has 2 atom stereocenters. The summed E-state index contributed by atoms with van der Waals surface area (Å²) in [5.74, 6) is -1.29. The van der Waals surface area contributed by atoms with E-state index < -0.39 is 23.9 Å². The van der Waals surface area contributed by atoms with Crippen molar-refractivity contribution in [2.75, 3.05) is 0 Å². The topological polar surface area (TPSA) is 119 Å². The predicted octanol–water partition coefficient (Wildman–Crippen LogP) is -1.66. The molecular weight excluding hydrogens is 250 g/mol. The average molecular weight is 265 g/mol. The van der Waals surface area contributed by atoms with E-state index in [1.807, 2.05) is 0 Å². The van der Waals surface area contributed by atoms with Crippen molar-refractivity contribution in [3.63, 3.8) is 0 Å². The molecule has 8 nitrogen and oxygen atoms in total. The molecule has 1 fully saturated rings. The molecule has 1 aromatic rings. The Morgan fingerprint density at radius 1 is 1.63 bits per heavy atom. The largest absolute Gasteiger partial charge is 0.343 e. The molecule has 1 aromatic heterocycles. The normalized spacial score (nSPS) is 20.8. The molecule has 19 heavy (non-hydrogen) atoms. The molecule has 0 spiro atoms. The van der Waals surface area contributed by atoms with E-state index in [4.69, 9.17) is 5.73 Å². The van der Waals surface area contributed by atoms with Crippen LogP contribution in [0, 0.1) is 0 Å². The summed E-state index contributed by atoms with van der Waals surface area (Å²) in [6, 6.07) is -1.60. The van der Waals surface area contributed by atoms with Crippen molar-refractivity contribution in [1.82, 2.24) is 20.4 Å². The predicted molar refractivity (Wildman–Crippen MR) is 64.5 cm³/mol. The lowest BCUT2D eigenvalue weighted by Crippen LogP contribution is -2.53. The molecule has 1 aliphatic heterocycles. The summed E-state index contributed by atoms with van der Waals surface area (Å²) in [4.78, 5) is 34.4. The second-order valence-electron chi connectivity index (χ2n) is 4.44. The van der Waals surface area contributed by atoms with E-state index in [1.54, 1.807) is 13.2 Å². The van der Waals surface area contributed by atoms with Crippen molar-refractivity contribution in [2.45, 2.75) is 24.9 Å². The van der Waals surface area contributed by atoms with Crippen molar-refractivity contribution in [3.05, 3.63) is 18.0 Å². The molecule has 0 aromatic carbocycles. The van der Waals surface area contributed by atoms with Gasteiger partial charge < -0.3 is 11.1 Å². The van der Waals surface area contributed by atoms with Crippen LogP contribution < -0.4 is 16.4 Å². The van der Waals surface area contributed by atoms with Crippen LogP contribution in [-0.4, -0.2) is 33.5 Å². The van der Waals surface area contributed by atoms with Crippen LogP contribution in [0.1, 0.15) is 24.4 Å². The van der Waals surface area contributed by atoms with Gasteiger partial charge in [-0.15, -0.1) is 0 Å². The lowest BCUT2D eigenvalue weighted by atomic mass is 10.0. The number of nitrogens with zero attached hydrogens (tertiary/aromatic N) is 2. The molecular formula is C11H15N5O3. The van der Waals surface area contributed by atoms with Gasteiger partial charge in [0.1, 0.15) is 12.1 Å². The number of rotatable bonds is 3. The maximum absolute atomic E-state index is 11.9. The van der Waals surface area contributed by atoms with Crippen LogP contribution in [0.2, 0.25) is 0 Å². The van der Waals surface area contributed by atoms with E-state index in [0.717, 1.165) is 0 Å². The highest BCUT2D eigenvalue weighted by atomic mass is 16.2. The molecule has 0 saturated carbocycles. The van der Waals surface area contributed by atoms with Crippen LogP contribution in [-0.2, 0) is 21.4 Å². The first-order valence-electron chi connectivity index (χ1n) is 5.85. The molecule has 3 amide bonds. The zero-order chi connectivity index (χ0) is 14.0. The van der Waals surface area contributed by atoms with Gasteiger partial charge in [-0.05, 0) is 6.42 Å². The van der Waals surface area contributed by atoms with Gasteiger partial charge in [-0.1, -0.05) is 0 Å². The Hall–Kier alpha value is -2.22. The molecule has 8 heteroatoms. The molecule has 1 aliphatic rings. The zero-order valence-electron chi connectivity index (χ0n) is 10.4. The summed E-state index contributed by atoms with van der Waals surface area (Å²) < 4.78 is 1.54. The molecule has 1 saturated heterocycles. The number of nitrogens with one attached hydrogen (secondary N) is 2. The monoisotopic (exact) mass is 265 g/mol. The third-order valence-corrected chi connectivity index (χ3v) is 2.92. The number of aromatic nitrogens is 2. The summed E-state index contributed by atoms with van der Waals surface area (Å²) in [6.45, 7) is 0. The van der Waals surface area contributed by atoms with E-state index >= 15 is 0 Å². The highest BCUT2D eigenvalue weighted by molar-refractivity contribution is 6.02. The molecule has 0 radical (unpaired) electrons. The Morgan fingerprint density at radius 3 is 2.95 bits per heavy atom. The fraction of sp³-hybridized carbons (Fsp3) is 0.455. The second kappa shape index (κ2) is 5.19. The first-order valence-corrected chi connectivity index (χ1v) is 5.85. The summed E-state index contributed by atoms with van der Waals surface area (Å²) in [5.41, 5.74) is 6.34. The van der Waals surface area contributed by atoms with Crippen molar-refractivity contribution in [3.8, 4) is 0 Å². The number of carbonyl (C=O) groups excluding carboxylic acids is 3. The van der Waals surface area contributed by atoms with E-state index in [9.17, 15) is 14.4 Å². The van der Waals surface area contributed by atoms with Gasteiger partial charge in [-0.25, -0.2) is 0 Å². The van der Waals surface area contributed by atoms with Crippen molar-refractivity contribution < 1.29 is 14.4 Å². The Morgan fingerprint density at radius 2 is 2.37 bits per heavy atom. The smallest absolute Gasteiger partial charge is 0.249 e. The van der Waals surface area contributed by atoms with Gasteiger partial charge in [-0.2, -0.15) is 5.10 Å². The number of piperidine rings is 1. The first-order chi connectivity index (χ1) is 8.97. The summed E-state index contributed by atoms with van der Waals surface area (Å²) in [6.07, 6.45) is 3.62. The standard InChI is InChI=1S/C11H15N5O3/c1-16-5-6(4-13-16)9(12)11(19)14-7-2-3-8(17)15-10(7)18/h4-5,7,9H,2-3,12H2,1H3,(H,14,19)(H,15,17,18). The van der Waals surface area contributed by atoms with Crippen LogP contribution in [0.3, 0.4) is 0 Å². The third kappa shape index (κ3) is 2.97. The van der Waals surface area contributed by atoms with Crippen molar-refractivity contribution in [1.29, 1.82) is 0 Å². The van der Waals surface area contributed by atoms with Crippen molar-refractivity contribution >= 4 is 17.7 Å². The third-order valence-electron chi connectivity index (χ3n) is 2.92. The fourth-order valence-electron chi connectivity index (χ4n) is 1.84. The van der Waals surface area contributed by atoms with Crippen LogP contribution in [0.25, 0.3) is 0 Å². The Labute approximate surface area is 109 Å². The summed E-state index contributed by atoms with van der Waals surface area (Å²) >= 11 is 0. The number of hydrogen-bond donors (Lipinski definition) is 3. The molecule has 2 unspecified atom stereocenters. The van der Waals surface area contributed by atoms with Gasteiger partial charge in [0, 0.05) is 25.2 Å². The van der Waals surface area contributed by atoms with E-state index in [-0.39, 0.29) is 18.7 Å². The minimum absolute atomic E-state index is 0.207. The lowest BCUT2D eigenvalue weighted by Gasteiger charge is -2.23. The number of nitrogens with two attached hydrogens (primary N) is 1. The molecule has 0 bridgehead atoms. The molecule has 0 aliphatic carbocycles. The molecule has 4 N–H and O–H groups in total. The highest BCUT2D eigenvalue weighted by Gasteiger charge is 2.29. The first kappa shape index (κ1) is 13.2. The van der Waals surface area contributed by atoms with Gasteiger partial charge >= 0.3 is 0 Å². The van der Waals surface area contributed by atoms with Gasteiger partial charge in [-0.3, -0.25) is 24.4 Å². The van der Waals surface area contributed by atoms with Gasteiger partial charge in [0.2, 0.25) is 17.7 Å². The quantitative estimate of drug-likeness (QED) is 0.565. The van der Waals surface area contributed by atoms with E-state index in [1.165, 1.54) is 10.9 Å². The summed E-state index contributed by atoms with van der Waals surface area (Å²) in [7, 11) is 1.72. The zero-order valence-corrected chi connectivity index (χ0v) is 10.4. The van der Waals surface area contributed by atoms with Crippen LogP contribution in [0.4, 0.5) is 0 Å². The second-order valence-corrected chi connectivity index (χ2v) is 4.44. The maximum Gasteiger partial charge on any atom is 0.249 e.